The summed E-state index contributed by atoms with van der Waals surface area (Å²) in [6.45, 7) is 11.5. The number of carbonyl (C=O) groups is 2. The van der Waals surface area contributed by atoms with Crippen LogP contribution in [-0.4, -0.2) is 36.5 Å². The Morgan fingerprint density at radius 2 is 1.93 bits per heavy atom. The first kappa shape index (κ1) is 13.9. The average Bonchev–Trinajstić information content (AvgIpc) is 2.52. The summed E-state index contributed by atoms with van der Waals surface area (Å²) in [5.41, 5.74) is -0.372. The standard InChI is InChI=1S/C10H19NO2.CH2O/c1-8-5-6-11(7-8)9(12)13-10(2,3)4;1-2/h8H,5-7H2,1-4H3;1H2. The zero-order chi connectivity index (χ0) is 12.1. The molecule has 1 unspecified atom stereocenters. The number of likely N-dealkylation sites (tertiary alicyclic amines) is 1. The number of carbonyl (C=O) groups excluding carboxylic acids is 2. The Hall–Kier alpha value is -1.06. The van der Waals surface area contributed by atoms with Gasteiger partial charge in [0.25, 0.3) is 0 Å². The van der Waals surface area contributed by atoms with E-state index < -0.39 is 0 Å². The largest absolute Gasteiger partial charge is 0.444 e. The summed E-state index contributed by atoms with van der Waals surface area (Å²) < 4.78 is 5.26. The lowest BCUT2D eigenvalue weighted by atomic mass is 10.2. The monoisotopic (exact) mass is 215 g/mol. The minimum absolute atomic E-state index is 0.170. The molecule has 0 aromatic carbocycles. The molecular formula is C11H21NO3. The van der Waals surface area contributed by atoms with Crippen molar-refractivity contribution in [1.29, 1.82) is 0 Å². The molecule has 1 rings (SSSR count). The third-order valence-corrected chi connectivity index (χ3v) is 2.08. The Kier molecular flexibility index (Phi) is 5.33. The summed E-state index contributed by atoms with van der Waals surface area (Å²) in [6, 6.07) is 0. The summed E-state index contributed by atoms with van der Waals surface area (Å²) in [6.07, 6.45) is 0.927. The van der Waals surface area contributed by atoms with Crippen molar-refractivity contribution in [3.63, 3.8) is 0 Å². The van der Waals surface area contributed by atoms with Gasteiger partial charge in [0.2, 0.25) is 0 Å². The predicted molar refractivity (Wildman–Crippen MR) is 58.7 cm³/mol. The van der Waals surface area contributed by atoms with Gasteiger partial charge in [-0.1, -0.05) is 6.92 Å². The number of amides is 1. The maximum absolute atomic E-state index is 11.5. The van der Waals surface area contributed by atoms with E-state index in [9.17, 15) is 4.79 Å². The first-order valence-corrected chi connectivity index (χ1v) is 5.15. The van der Waals surface area contributed by atoms with E-state index in [1.54, 1.807) is 4.90 Å². The molecule has 1 aliphatic rings. The van der Waals surface area contributed by atoms with Gasteiger partial charge in [-0.3, -0.25) is 0 Å². The molecule has 1 aliphatic heterocycles. The van der Waals surface area contributed by atoms with Crippen molar-refractivity contribution in [3.8, 4) is 0 Å². The van der Waals surface area contributed by atoms with Crippen molar-refractivity contribution >= 4 is 12.9 Å². The lowest BCUT2D eigenvalue weighted by Gasteiger charge is -2.24. The van der Waals surface area contributed by atoms with Gasteiger partial charge in [0, 0.05) is 13.1 Å². The van der Waals surface area contributed by atoms with Crippen LogP contribution in [0.4, 0.5) is 4.79 Å². The molecule has 15 heavy (non-hydrogen) atoms. The van der Waals surface area contributed by atoms with E-state index >= 15 is 0 Å². The SMILES string of the molecule is C=O.CC1CCN(C(=O)OC(C)(C)C)C1. The molecule has 0 saturated carbocycles. The molecule has 1 fully saturated rings. The fourth-order valence-electron chi connectivity index (χ4n) is 1.43. The Morgan fingerprint density at radius 3 is 2.27 bits per heavy atom. The molecule has 0 aromatic rings. The van der Waals surface area contributed by atoms with Gasteiger partial charge in [0.1, 0.15) is 12.4 Å². The highest BCUT2D eigenvalue weighted by Crippen LogP contribution is 2.18. The number of hydrogen-bond donors (Lipinski definition) is 0. The molecule has 0 bridgehead atoms. The summed E-state index contributed by atoms with van der Waals surface area (Å²) >= 11 is 0. The normalized spacial score (nSPS) is 20.5. The molecule has 0 radical (unpaired) electrons. The maximum Gasteiger partial charge on any atom is 0.410 e. The van der Waals surface area contributed by atoms with Crippen LogP contribution < -0.4 is 0 Å². The van der Waals surface area contributed by atoms with Crippen LogP contribution in [0.15, 0.2) is 0 Å². The van der Waals surface area contributed by atoms with Gasteiger partial charge in [-0.15, -0.1) is 0 Å². The number of hydrogen-bond acceptors (Lipinski definition) is 3. The molecule has 1 saturated heterocycles. The van der Waals surface area contributed by atoms with Gasteiger partial charge in [-0.2, -0.15) is 0 Å². The van der Waals surface area contributed by atoms with E-state index in [1.807, 2.05) is 27.6 Å². The quantitative estimate of drug-likeness (QED) is 0.621. The lowest BCUT2D eigenvalue weighted by Crippen LogP contribution is -2.35. The Labute approximate surface area is 91.6 Å². The molecule has 4 heteroatoms. The first-order chi connectivity index (χ1) is 6.88. The van der Waals surface area contributed by atoms with Gasteiger partial charge in [-0.05, 0) is 33.1 Å². The van der Waals surface area contributed by atoms with Crippen LogP contribution in [0, 0.1) is 5.92 Å². The van der Waals surface area contributed by atoms with Crippen LogP contribution >= 0.6 is 0 Å². The second-order valence-electron chi connectivity index (χ2n) is 4.82. The Morgan fingerprint density at radius 1 is 1.40 bits per heavy atom. The smallest absolute Gasteiger partial charge is 0.410 e. The van der Waals surface area contributed by atoms with Crippen molar-refractivity contribution in [2.24, 2.45) is 5.92 Å². The fourth-order valence-corrected chi connectivity index (χ4v) is 1.43. The second kappa shape index (κ2) is 5.73. The highest BCUT2D eigenvalue weighted by atomic mass is 16.6. The minimum Gasteiger partial charge on any atom is -0.444 e. The molecule has 1 heterocycles. The average molecular weight is 215 g/mol. The fraction of sp³-hybridized carbons (Fsp3) is 0.818. The van der Waals surface area contributed by atoms with Gasteiger partial charge in [0.05, 0.1) is 0 Å². The van der Waals surface area contributed by atoms with Gasteiger partial charge >= 0.3 is 6.09 Å². The van der Waals surface area contributed by atoms with E-state index in [1.165, 1.54) is 0 Å². The topological polar surface area (TPSA) is 46.6 Å². The van der Waals surface area contributed by atoms with Crippen LogP contribution in [0.3, 0.4) is 0 Å². The van der Waals surface area contributed by atoms with Gasteiger partial charge in [-0.25, -0.2) is 4.79 Å². The zero-order valence-corrected chi connectivity index (χ0v) is 10.1. The van der Waals surface area contributed by atoms with E-state index in [0.29, 0.717) is 5.92 Å². The summed E-state index contributed by atoms with van der Waals surface area (Å²) in [4.78, 5) is 21.3. The van der Waals surface area contributed by atoms with Crippen LogP contribution in [0.1, 0.15) is 34.1 Å². The number of nitrogens with zero attached hydrogens (tertiary/aromatic N) is 1. The van der Waals surface area contributed by atoms with Crippen molar-refractivity contribution < 1.29 is 14.3 Å². The Bertz CT molecular complexity index is 210. The van der Waals surface area contributed by atoms with Crippen molar-refractivity contribution in [2.75, 3.05) is 13.1 Å². The molecular weight excluding hydrogens is 194 g/mol. The molecule has 0 spiro atoms. The lowest BCUT2D eigenvalue weighted by molar-refractivity contribution is -0.0980. The molecule has 1 atom stereocenters. The highest BCUT2D eigenvalue weighted by Gasteiger charge is 2.27. The molecule has 0 aromatic heterocycles. The van der Waals surface area contributed by atoms with E-state index in [2.05, 4.69) is 6.92 Å². The summed E-state index contributed by atoms with van der Waals surface area (Å²) in [5.74, 6) is 0.618. The second-order valence-corrected chi connectivity index (χ2v) is 4.82. The van der Waals surface area contributed by atoms with Crippen molar-refractivity contribution in [2.45, 2.75) is 39.7 Å². The van der Waals surface area contributed by atoms with Gasteiger partial charge < -0.3 is 14.4 Å². The third-order valence-electron chi connectivity index (χ3n) is 2.08. The molecule has 1 amide bonds. The van der Waals surface area contributed by atoms with Crippen LogP contribution in [-0.2, 0) is 9.53 Å². The molecule has 0 aliphatic carbocycles. The molecule has 88 valence electrons. The number of rotatable bonds is 0. The van der Waals surface area contributed by atoms with Crippen LogP contribution in [0.2, 0.25) is 0 Å². The summed E-state index contributed by atoms with van der Waals surface area (Å²) in [5, 5.41) is 0. The minimum atomic E-state index is -0.372. The van der Waals surface area contributed by atoms with Gasteiger partial charge in [0.15, 0.2) is 0 Å². The van der Waals surface area contributed by atoms with Crippen molar-refractivity contribution in [1.82, 2.24) is 4.90 Å². The Balaban J connectivity index is 0.000000921. The van der Waals surface area contributed by atoms with E-state index in [0.717, 1.165) is 19.5 Å². The van der Waals surface area contributed by atoms with Crippen LogP contribution in [0.5, 0.6) is 0 Å². The molecule has 0 N–H and O–H groups in total. The first-order valence-electron chi connectivity index (χ1n) is 5.15. The maximum atomic E-state index is 11.5. The third kappa shape index (κ3) is 5.40. The molecule has 4 nitrogen and oxygen atoms in total. The van der Waals surface area contributed by atoms with E-state index in [-0.39, 0.29) is 11.7 Å². The van der Waals surface area contributed by atoms with Crippen molar-refractivity contribution in [3.05, 3.63) is 0 Å². The zero-order valence-electron chi connectivity index (χ0n) is 10.1. The predicted octanol–water partition coefficient (Wildman–Crippen LogP) is 2.08. The highest BCUT2D eigenvalue weighted by molar-refractivity contribution is 5.68. The van der Waals surface area contributed by atoms with E-state index in [4.69, 9.17) is 9.53 Å². The summed E-state index contributed by atoms with van der Waals surface area (Å²) in [7, 11) is 0. The number of ether oxygens (including phenoxy) is 1. The van der Waals surface area contributed by atoms with Crippen LogP contribution in [0.25, 0.3) is 0 Å².